The van der Waals surface area contributed by atoms with Crippen molar-refractivity contribution in [3.8, 4) is 0 Å². The van der Waals surface area contributed by atoms with Gasteiger partial charge in [0.15, 0.2) is 0 Å². The maximum absolute atomic E-state index is 12.3. The van der Waals surface area contributed by atoms with Crippen LogP contribution in [-0.2, 0) is 24.2 Å². The molecule has 0 aliphatic carbocycles. The van der Waals surface area contributed by atoms with Gasteiger partial charge >= 0.3 is 0 Å². The Labute approximate surface area is 191 Å². The van der Waals surface area contributed by atoms with Crippen molar-refractivity contribution in [2.45, 2.75) is 25.8 Å². The Hall–Kier alpha value is -1.82. The van der Waals surface area contributed by atoms with Crippen LogP contribution in [0.5, 0.6) is 0 Å². The van der Waals surface area contributed by atoms with Gasteiger partial charge in [-0.05, 0) is 29.5 Å². The van der Waals surface area contributed by atoms with Crippen LogP contribution in [0.3, 0.4) is 0 Å². The quantitative estimate of drug-likeness (QED) is 0.631. The number of amides is 1. The summed E-state index contributed by atoms with van der Waals surface area (Å²) in [7, 11) is 0. The maximum Gasteiger partial charge on any atom is 0.222 e. The normalized spacial score (nSPS) is 18.3. The van der Waals surface area contributed by atoms with E-state index in [1.165, 1.54) is 16.7 Å². The fraction of sp³-hybridized carbons (Fsp3) is 0.500. The van der Waals surface area contributed by atoms with Crippen molar-refractivity contribution in [3.05, 3.63) is 71.3 Å². The summed E-state index contributed by atoms with van der Waals surface area (Å²) >= 11 is 1.95. The summed E-state index contributed by atoms with van der Waals surface area (Å²) in [6.45, 7) is 8.64. The number of nitrogens with zero attached hydrogens (tertiary/aromatic N) is 3. The molecule has 2 aromatic rings. The van der Waals surface area contributed by atoms with Crippen molar-refractivity contribution >= 4 is 17.7 Å². The van der Waals surface area contributed by atoms with E-state index in [9.17, 15) is 4.79 Å². The average molecular weight is 438 g/mol. The van der Waals surface area contributed by atoms with Gasteiger partial charge in [-0.3, -0.25) is 9.69 Å². The van der Waals surface area contributed by atoms with E-state index in [2.05, 4.69) is 64.4 Å². The molecule has 2 aromatic carbocycles. The lowest BCUT2D eigenvalue weighted by Gasteiger charge is -2.34. The Kier molecular flexibility index (Phi) is 8.45. The highest BCUT2D eigenvalue weighted by molar-refractivity contribution is 7.99. The molecule has 0 bridgehead atoms. The van der Waals surface area contributed by atoms with Crippen molar-refractivity contribution in [2.75, 3.05) is 57.3 Å². The van der Waals surface area contributed by atoms with E-state index in [-0.39, 0.29) is 0 Å². The molecular weight excluding hydrogens is 402 g/mol. The highest BCUT2D eigenvalue weighted by Gasteiger charge is 2.17. The predicted octanol–water partition coefficient (Wildman–Crippen LogP) is 3.55. The van der Waals surface area contributed by atoms with Crippen molar-refractivity contribution in [1.82, 2.24) is 14.7 Å². The number of aryl methyl sites for hydroxylation is 1. The van der Waals surface area contributed by atoms with Gasteiger partial charge < -0.3 is 9.80 Å². The van der Waals surface area contributed by atoms with Crippen LogP contribution in [0, 0.1) is 0 Å². The number of hydrogen-bond acceptors (Lipinski definition) is 4. The van der Waals surface area contributed by atoms with Gasteiger partial charge in [0.25, 0.3) is 0 Å². The lowest BCUT2D eigenvalue weighted by molar-refractivity contribution is -0.130. The smallest absolute Gasteiger partial charge is 0.222 e. The van der Waals surface area contributed by atoms with E-state index < -0.39 is 0 Å². The molecule has 2 heterocycles. The van der Waals surface area contributed by atoms with E-state index >= 15 is 0 Å². The van der Waals surface area contributed by atoms with E-state index in [4.69, 9.17) is 0 Å². The molecule has 1 amide bonds. The van der Waals surface area contributed by atoms with Gasteiger partial charge in [-0.15, -0.1) is 0 Å². The minimum absolute atomic E-state index is 0.316. The zero-order chi connectivity index (χ0) is 21.3. The third-order valence-electron chi connectivity index (χ3n) is 6.44. The molecule has 2 aliphatic heterocycles. The number of piperazine rings is 1. The zero-order valence-corrected chi connectivity index (χ0v) is 19.4. The molecule has 0 spiro atoms. The van der Waals surface area contributed by atoms with Crippen LogP contribution < -0.4 is 0 Å². The van der Waals surface area contributed by atoms with Crippen LogP contribution in [0.25, 0.3) is 0 Å². The number of thioether (sulfide) groups is 1. The Morgan fingerprint density at radius 2 is 1.32 bits per heavy atom. The summed E-state index contributed by atoms with van der Waals surface area (Å²) in [4.78, 5) is 19.5. The second-order valence-corrected chi connectivity index (χ2v) is 9.89. The van der Waals surface area contributed by atoms with E-state index in [0.717, 1.165) is 76.7 Å². The molecule has 2 saturated heterocycles. The summed E-state index contributed by atoms with van der Waals surface area (Å²) in [5.74, 6) is 2.49. The summed E-state index contributed by atoms with van der Waals surface area (Å²) in [6.07, 6.45) is 2.59. The molecule has 4 nitrogen and oxygen atoms in total. The molecule has 0 unspecified atom stereocenters. The maximum atomic E-state index is 12.3. The molecule has 31 heavy (non-hydrogen) atoms. The first-order valence-corrected chi connectivity index (χ1v) is 12.8. The summed E-state index contributed by atoms with van der Waals surface area (Å²) in [6, 6.07) is 19.7. The zero-order valence-electron chi connectivity index (χ0n) is 18.5. The standard InChI is InChI=1S/C26H35N3OS/c30-26(29-18-20-31-21-19-29)11-10-23-6-8-24(9-7-23)12-13-27-14-16-28(17-15-27)22-25-4-2-1-3-5-25/h1-9H,10-22H2. The molecule has 0 N–H and O–H groups in total. The molecule has 5 heteroatoms. The molecule has 166 valence electrons. The first-order chi connectivity index (χ1) is 15.3. The Morgan fingerprint density at radius 3 is 2.00 bits per heavy atom. The first-order valence-electron chi connectivity index (χ1n) is 11.7. The molecule has 2 aliphatic rings. The van der Waals surface area contributed by atoms with Crippen LogP contribution in [0.4, 0.5) is 0 Å². The van der Waals surface area contributed by atoms with Crippen molar-refractivity contribution in [1.29, 1.82) is 0 Å². The Balaban J connectivity index is 1.14. The average Bonchev–Trinajstić information content (AvgIpc) is 2.84. The minimum atomic E-state index is 0.316. The Morgan fingerprint density at radius 1 is 0.710 bits per heavy atom. The van der Waals surface area contributed by atoms with Gasteiger partial charge in [0.2, 0.25) is 5.91 Å². The van der Waals surface area contributed by atoms with Crippen LogP contribution in [-0.4, -0.2) is 77.9 Å². The number of hydrogen-bond donors (Lipinski definition) is 0. The fourth-order valence-corrected chi connectivity index (χ4v) is 5.30. The molecule has 2 fully saturated rings. The largest absolute Gasteiger partial charge is 0.341 e. The summed E-state index contributed by atoms with van der Waals surface area (Å²) < 4.78 is 0. The van der Waals surface area contributed by atoms with E-state index in [0.29, 0.717) is 12.3 Å². The number of benzene rings is 2. The second-order valence-electron chi connectivity index (χ2n) is 8.66. The molecule has 0 radical (unpaired) electrons. The van der Waals surface area contributed by atoms with Crippen molar-refractivity contribution in [2.24, 2.45) is 0 Å². The van der Waals surface area contributed by atoms with Gasteiger partial charge in [-0.25, -0.2) is 0 Å². The molecule has 4 rings (SSSR count). The highest BCUT2D eigenvalue weighted by atomic mass is 32.2. The number of carbonyl (C=O) groups excluding carboxylic acids is 1. The first kappa shape index (κ1) is 22.4. The number of carbonyl (C=O) groups is 1. The van der Waals surface area contributed by atoms with Gasteiger partial charge in [-0.1, -0.05) is 54.6 Å². The fourth-order valence-electron chi connectivity index (χ4n) is 4.39. The predicted molar refractivity (Wildman–Crippen MR) is 131 cm³/mol. The lowest BCUT2D eigenvalue weighted by Crippen LogP contribution is -2.46. The minimum Gasteiger partial charge on any atom is -0.341 e. The molecule has 0 aromatic heterocycles. The SMILES string of the molecule is O=C(CCc1ccc(CCN2CCN(Cc3ccccc3)CC2)cc1)N1CCSCC1. The van der Waals surface area contributed by atoms with Crippen LogP contribution in [0.15, 0.2) is 54.6 Å². The molecular formula is C26H35N3OS. The van der Waals surface area contributed by atoms with Crippen LogP contribution >= 0.6 is 11.8 Å². The van der Waals surface area contributed by atoms with E-state index in [1.54, 1.807) is 0 Å². The van der Waals surface area contributed by atoms with Gasteiger partial charge in [0, 0.05) is 70.3 Å². The van der Waals surface area contributed by atoms with Crippen LogP contribution in [0.2, 0.25) is 0 Å². The summed E-state index contributed by atoms with van der Waals surface area (Å²) in [5, 5.41) is 0. The van der Waals surface area contributed by atoms with Crippen molar-refractivity contribution < 1.29 is 4.79 Å². The van der Waals surface area contributed by atoms with E-state index in [1.807, 2.05) is 16.7 Å². The molecule has 0 saturated carbocycles. The third-order valence-corrected chi connectivity index (χ3v) is 7.39. The summed E-state index contributed by atoms with van der Waals surface area (Å²) in [5.41, 5.74) is 4.08. The van der Waals surface area contributed by atoms with Crippen molar-refractivity contribution in [3.63, 3.8) is 0 Å². The Bertz CT molecular complexity index is 797. The van der Waals surface area contributed by atoms with Gasteiger partial charge in [0.1, 0.15) is 0 Å². The monoisotopic (exact) mass is 437 g/mol. The van der Waals surface area contributed by atoms with Crippen LogP contribution in [0.1, 0.15) is 23.1 Å². The van der Waals surface area contributed by atoms with Gasteiger partial charge in [0.05, 0.1) is 0 Å². The highest BCUT2D eigenvalue weighted by Crippen LogP contribution is 2.14. The van der Waals surface area contributed by atoms with Gasteiger partial charge in [-0.2, -0.15) is 11.8 Å². The molecule has 0 atom stereocenters. The topological polar surface area (TPSA) is 26.8 Å². The lowest BCUT2D eigenvalue weighted by atomic mass is 10.0. The number of rotatable bonds is 8. The second kappa shape index (κ2) is 11.7. The third kappa shape index (κ3) is 7.09.